The van der Waals surface area contributed by atoms with Gasteiger partial charge < -0.3 is 5.32 Å². The topological polar surface area (TPSA) is 68.5 Å². The van der Waals surface area contributed by atoms with Crippen LogP contribution in [-0.2, 0) is 0 Å². The Bertz CT molecular complexity index is 1590. The van der Waals surface area contributed by atoms with E-state index in [4.69, 9.17) is 16.6 Å². The molecule has 0 atom stereocenters. The first-order valence-corrected chi connectivity index (χ1v) is 11.2. The van der Waals surface area contributed by atoms with Crippen molar-refractivity contribution in [1.82, 2.24) is 24.7 Å². The zero-order chi connectivity index (χ0) is 21.5. The summed E-state index contributed by atoms with van der Waals surface area (Å²) in [5.41, 5.74) is 3.53. The van der Waals surface area contributed by atoms with E-state index in [1.807, 2.05) is 41.8 Å². The first-order chi connectivity index (χ1) is 15.7. The standard InChI is InChI=1S/C24H15ClN6S/c25-18-6-3-7-19(11-18)31-23-20(12-28-31)22(26-14-27-23)30-24-29-21(13-32-24)17-9-8-15-4-1-2-5-16(15)10-17/h1-14H,(H,26,27,29,30). The van der Waals surface area contributed by atoms with E-state index in [1.54, 1.807) is 10.9 Å². The Morgan fingerprint density at radius 2 is 1.81 bits per heavy atom. The number of aromatic nitrogens is 5. The van der Waals surface area contributed by atoms with E-state index in [0.29, 0.717) is 16.5 Å². The summed E-state index contributed by atoms with van der Waals surface area (Å²) in [6, 6.07) is 22.2. The van der Waals surface area contributed by atoms with Gasteiger partial charge in [0.25, 0.3) is 0 Å². The van der Waals surface area contributed by atoms with E-state index in [2.05, 4.69) is 50.7 Å². The summed E-state index contributed by atoms with van der Waals surface area (Å²) in [7, 11) is 0. The van der Waals surface area contributed by atoms with E-state index in [-0.39, 0.29) is 0 Å². The normalized spacial score (nSPS) is 11.3. The fourth-order valence-corrected chi connectivity index (χ4v) is 4.56. The van der Waals surface area contributed by atoms with Crippen molar-refractivity contribution in [3.05, 3.63) is 89.7 Å². The largest absolute Gasteiger partial charge is 0.315 e. The van der Waals surface area contributed by atoms with Crippen molar-refractivity contribution in [2.45, 2.75) is 0 Å². The molecule has 0 aliphatic carbocycles. The quantitative estimate of drug-likeness (QED) is 0.329. The molecule has 3 heterocycles. The lowest BCUT2D eigenvalue weighted by molar-refractivity contribution is 0.895. The van der Waals surface area contributed by atoms with Crippen molar-refractivity contribution in [2.24, 2.45) is 0 Å². The lowest BCUT2D eigenvalue weighted by Gasteiger charge is -2.05. The molecule has 0 spiro atoms. The Morgan fingerprint density at radius 3 is 2.72 bits per heavy atom. The van der Waals surface area contributed by atoms with Crippen LogP contribution in [0.25, 0.3) is 38.8 Å². The number of nitrogens with zero attached hydrogens (tertiary/aromatic N) is 5. The van der Waals surface area contributed by atoms with Gasteiger partial charge in [-0.15, -0.1) is 11.3 Å². The highest BCUT2D eigenvalue weighted by atomic mass is 35.5. The summed E-state index contributed by atoms with van der Waals surface area (Å²) in [6.45, 7) is 0. The van der Waals surface area contributed by atoms with Crippen LogP contribution in [0.15, 0.2) is 84.6 Å². The minimum atomic E-state index is 0.641. The van der Waals surface area contributed by atoms with Gasteiger partial charge in [-0.05, 0) is 35.0 Å². The maximum atomic E-state index is 6.14. The number of halogens is 1. The Hall–Kier alpha value is -3.81. The van der Waals surface area contributed by atoms with Gasteiger partial charge in [-0.1, -0.05) is 54.1 Å². The minimum Gasteiger partial charge on any atom is -0.315 e. The minimum absolute atomic E-state index is 0.641. The Balaban J connectivity index is 1.33. The summed E-state index contributed by atoms with van der Waals surface area (Å²) in [5.74, 6) is 0.655. The lowest BCUT2D eigenvalue weighted by Crippen LogP contribution is -1.99. The second kappa shape index (κ2) is 7.71. The molecule has 0 bridgehead atoms. The van der Waals surface area contributed by atoms with Gasteiger partial charge in [0, 0.05) is 16.0 Å². The number of fused-ring (bicyclic) bond motifs is 2. The lowest BCUT2D eigenvalue weighted by atomic mass is 10.1. The Kier molecular flexibility index (Phi) is 4.56. The summed E-state index contributed by atoms with van der Waals surface area (Å²) < 4.78 is 1.75. The highest BCUT2D eigenvalue weighted by Crippen LogP contribution is 2.31. The number of rotatable bonds is 4. The van der Waals surface area contributed by atoms with E-state index >= 15 is 0 Å². The third-order valence-corrected chi connectivity index (χ3v) is 6.19. The van der Waals surface area contributed by atoms with Crippen molar-refractivity contribution < 1.29 is 0 Å². The van der Waals surface area contributed by atoms with E-state index in [1.165, 1.54) is 28.4 Å². The van der Waals surface area contributed by atoms with Crippen LogP contribution >= 0.6 is 22.9 Å². The molecule has 0 saturated heterocycles. The molecular formula is C24H15ClN6S. The highest BCUT2D eigenvalue weighted by Gasteiger charge is 2.13. The van der Waals surface area contributed by atoms with Crippen molar-refractivity contribution in [1.29, 1.82) is 0 Å². The maximum absolute atomic E-state index is 6.14. The second-order valence-corrected chi connectivity index (χ2v) is 8.52. The van der Waals surface area contributed by atoms with Gasteiger partial charge >= 0.3 is 0 Å². The van der Waals surface area contributed by atoms with Gasteiger partial charge in [0.2, 0.25) is 0 Å². The molecule has 6 nitrogen and oxygen atoms in total. The molecule has 3 aromatic heterocycles. The number of nitrogens with one attached hydrogen (secondary N) is 1. The number of thiazole rings is 1. The molecule has 154 valence electrons. The number of hydrogen-bond acceptors (Lipinski definition) is 6. The molecule has 0 saturated carbocycles. The fourth-order valence-electron chi connectivity index (χ4n) is 3.65. The van der Waals surface area contributed by atoms with Crippen LogP contribution in [0.1, 0.15) is 0 Å². The second-order valence-electron chi connectivity index (χ2n) is 7.22. The molecule has 8 heteroatoms. The molecule has 0 radical (unpaired) electrons. The van der Waals surface area contributed by atoms with Gasteiger partial charge in [-0.25, -0.2) is 19.6 Å². The van der Waals surface area contributed by atoms with Gasteiger partial charge in [0.1, 0.15) is 12.1 Å². The van der Waals surface area contributed by atoms with Gasteiger partial charge in [0.05, 0.1) is 23.0 Å². The van der Waals surface area contributed by atoms with Crippen LogP contribution in [-0.4, -0.2) is 24.7 Å². The third-order valence-electron chi connectivity index (χ3n) is 5.19. The fraction of sp³-hybridized carbons (Fsp3) is 0. The third kappa shape index (κ3) is 3.37. The molecule has 0 unspecified atom stereocenters. The number of benzene rings is 3. The highest BCUT2D eigenvalue weighted by molar-refractivity contribution is 7.14. The summed E-state index contributed by atoms with van der Waals surface area (Å²) in [6.07, 6.45) is 3.27. The molecule has 6 aromatic rings. The molecule has 0 fully saturated rings. The van der Waals surface area contributed by atoms with Gasteiger partial charge in [-0.2, -0.15) is 5.10 Å². The maximum Gasteiger partial charge on any atom is 0.188 e. The zero-order valence-electron chi connectivity index (χ0n) is 16.6. The Labute approximate surface area is 192 Å². The van der Waals surface area contributed by atoms with Crippen LogP contribution in [0.2, 0.25) is 5.02 Å². The zero-order valence-corrected chi connectivity index (χ0v) is 18.2. The summed E-state index contributed by atoms with van der Waals surface area (Å²) in [5, 5.41) is 14.5. The molecule has 0 aliphatic rings. The van der Waals surface area contributed by atoms with Crippen molar-refractivity contribution in [2.75, 3.05) is 5.32 Å². The molecule has 6 rings (SSSR count). The van der Waals surface area contributed by atoms with Gasteiger partial charge in [-0.3, -0.25) is 0 Å². The van der Waals surface area contributed by atoms with Crippen LogP contribution in [0.4, 0.5) is 10.9 Å². The van der Waals surface area contributed by atoms with E-state index in [0.717, 1.165) is 27.5 Å². The van der Waals surface area contributed by atoms with Crippen LogP contribution < -0.4 is 5.32 Å². The molecule has 3 aromatic carbocycles. The molecule has 32 heavy (non-hydrogen) atoms. The molecular weight excluding hydrogens is 440 g/mol. The van der Waals surface area contributed by atoms with Crippen molar-refractivity contribution >= 4 is 55.7 Å². The first kappa shape index (κ1) is 18.9. The van der Waals surface area contributed by atoms with Crippen LogP contribution in [0.3, 0.4) is 0 Å². The van der Waals surface area contributed by atoms with E-state index < -0.39 is 0 Å². The van der Waals surface area contributed by atoms with Crippen LogP contribution in [0.5, 0.6) is 0 Å². The predicted molar refractivity (Wildman–Crippen MR) is 130 cm³/mol. The van der Waals surface area contributed by atoms with Crippen LogP contribution in [0, 0.1) is 0 Å². The molecule has 1 N–H and O–H groups in total. The number of anilines is 2. The first-order valence-electron chi connectivity index (χ1n) is 9.91. The molecule has 0 amide bonds. The Morgan fingerprint density at radius 1 is 0.906 bits per heavy atom. The average molecular weight is 455 g/mol. The molecule has 0 aliphatic heterocycles. The predicted octanol–water partition coefficient (Wildman–Crippen LogP) is 6.49. The van der Waals surface area contributed by atoms with E-state index in [9.17, 15) is 0 Å². The smallest absolute Gasteiger partial charge is 0.188 e. The number of hydrogen-bond donors (Lipinski definition) is 1. The SMILES string of the molecule is Clc1cccc(-n2ncc3c(Nc4nc(-c5ccc6ccccc6c5)cs4)ncnc32)c1. The van der Waals surface area contributed by atoms with Crippen molar-refractivity contribution in [3.8, 4) is 16.9 Å². The summed E-state index contributed by atoms with van der Waals surface area (Å²) >= 11 is 7.67. The average Bonchev–Trinajstić information content (AvgIpc) is 3.47. The van der Waals surface area contributed by atoms with Crippen molar-refractivity contribution in [3.63, 3.8) is 0 Å². The monoisotopic (exact) mass is 454 g/mol. The summed E-state index contributed by atoms with van der Waals surface area (Å²) in [4.78, 5) is 13.6. The van der Waals surface area contributed by atoms with Gasteiger partial charge in [0.15, 0.2) is 10.8 Å².